The van der Waals surface area contributed by atoms with E-state index in [0.29, 0.717) is 10.0 Å². The highest BCUT2D eigenvalue weighted by atomic mass is 79.9. The van der Waals surface area contributed by atoms with Gasteiger partial charge in [0, 0.05) is 26.6 Å². The van der Waals surface area contributed by atoms with Gasteiger partial charge in [-0.1, -0.05) is 57.3 Å². The van der Waals surface area contributed by atoms with Crippen LogP contribution in [0.1, 0.15) is 33.3 Å². The number of hydrogen-bond acceptors (Lipinski definition) is 4. The van der Waals surface area contributed by atoms with E-state index in [1.165, 1.54) is 35.2 Å². The number of carbonyl (C=O) groups excluding carboxylic acids is 2. The average molecular weight is 655 g/mol. The molecule has 1 unspecified atom stereocenters. The van der Waals surface area contributed by atoms with Gasteiger partial charge in [-0.15, -0.1) is 0 Å². The summed E-state index contributed by atoms with van der Waals surface area (Å²) in [5, 5.41) is 3.58. The van der Waals surface area contributed by atoms with Crippen molar-refractivity contribution in [3.05, 3.63) is 92.9 Å². The van der Waals surface area contributed by atoms with Gasteiger partial charge < -0.3 is 10.2 Å². The van der Waals surface area contributed by atoms with E-state index < -0.39 is 34.1 Å². The SMILES string of the molecule is CC(C(=O)NC(C)(C)C)N(Cc1ccc(Br)cc1)C(=O)CN(c1cccc(Cl)c1)S(=O)(=O)c1ccc(Cl)cc1. The number of carbonyl (C=O) groups is 2. The molecule has 0 aliphatic carbocycles. The van der Waals surface area contributed by atoms with E-state index in [4.69, 9.17) is 23.2 Å². The fourth-order valence-corrected chi connectivity index (χ4v) is 5.72. The topological polar surface area (TPSA) is 86.8 Å². The van der Waals surface area contributed by atoms with Crippen molar-refractivity contribution < 1.29 is 18.0 Å². The molecule has 0 bridgehead atoms. The summed E-state index contributed by atoms with van der Waals surface area (Å²) >= 11 is 15.6. The van der Waals surface area contributed by atoms with Crippen molar-refractivity contribution >= 4 is 66.7 Å². The second-order valence-electron chi connectivity index (χ2n) is 10.0. The van der Waals surface area contributed by atoms with Gasteiger partial charge in [-0.25, -0.2) is 8.42 Å². The normalized spacial score (nSPS) is 12.5. The number of rotatable bonds is 9. The summed E-state index contributed by atoms with van der Waals surface area (Å²) < 4.78 is 29.4. The molecule has 0 saturated carbocycles. The first-order valence-electron chi connectivity index (χ1n) is 12.1. The molecule has 0 aromatic heterocycles. The summed E-state index contributed by atoms with van der Waals surface area (Å²) in [4.78, 5) is 28.4. The summed E-state index contributed by atoms with van der Waals surface area (Å²) in [5.41, 5.74) is 0.459. The zero-order chi connectivity index (χ0) is 29.0. The largest absolute Gasteiger partial charge is 0.350 e. The summed E-state index contributed by atoms with van der Waals surface area (Å²) in [7, 11) is -4.21. The van der Waals surface area contributed by atoms with Crippen LogP contribution in [-0.2, 0) is 26.2 Å². The average Bonchev–Trinajstić information content (AvgIpc) is 2.85. The van der Waals surface area contributed by atoms with Crippen LogP contribution < -0.4 is 9.62 Å². The minimum Gasteiger partial charge on any atom is -0.350 e. The van der Waals surface area contributed by atoms with E-state index in [-0.39, 0.29) is 23.0 Å². The zero-order valence-corrected chi connectivity index (χ0v) is 25.9. The molecule has 39 heavy (non-hydrogen) atoms. The van der Waals surface area contributed by atoms with Gasteiger partial charge in [-0.3, -0.25) is 13.9 Å². The molecule has 3 aromatic carbocycles. The van der Waals surface area contributed by atoms with Crippen LogP contribution in [0, 0.1) is 0 Å². The number of sulfonamides is 1. The van der Waals surface area contributed by atoms with E-state index in [1.54, 1.807) is 25.1 Å². The molecule has 0 fully saturated rings. The highest BCUT2D eigenvalue weighted by Crippen LogP contribution is 2.27. The van der Waals surface area contributed by atoms with Gasteiger partial charge in [0.2, 0.25) is 11.8 Å². The highest BCUT2D eigenvalue weighted by Gasteiger charge is 2.33. The van der Waals surface area contributed by atoms with Gasteiger partial charge >= 0.3 is 0 Å². The molecular formula is C28H30BrCl2N3O4S. The molecule has 0 heterocycles. The lowest BCUT2D eigenvalue weighted by Crippen LogP contribution is -2.54. The fourth-order valence-electron chi connectivity index (χ4n) is 3.74. The summed E-state index contributed by atoms with van der Waals surface area (Å²) in [5.74, 6) is -0.921. The van der Waals surface area contributed by atoms with Crippen LogP contribution in [0.5, 0.6) is 0 Å². The molecule has 208 valence electrons. The molecular weight excluding hydrogens is 625 g/mol. The van der Waals surface area contributed by atoms with Gasteiger partial charge in [-0.2, -0.15) is 0 Å². The number of halogens is 3. The molecule has 1 N–H and O–H groups in total. The Bertz CT molecular complexity index is 1430. The lowest BCUT2D eigenvalue weighted by Gasteiger charge is -2.33. The first-order valence-corrected chi connectivity index (χ1v) is 15.1. The smallest absolute Gasteiger partial charge is 0.264 e. The van der Waals surface area contributed by atoms with Gasteiger partial charge in [0.15, 0.2) is 0 Å². The van der Waals surface area contributed by atoms with Gasteiger partial charge in [-0.05, 0) is 87.9 Å². The van der Waals surface area contributed by atoms with Crippen molar-refractivity contribution in [2.75, 3.05) is 10.8 Å². The lowest BCUT2D eigenvalue weighted by atomic mass is 10.1. The third-order valence-electron chi connectivity index (χ3n) is 5.71. The number of nitrogens with zero attached hydrogens (tertiary/aromatic N) is 2. The van der Waals surface area contributed by atoms with Crippen LogP contribution in [-0.4, -0.2) is 43.3 Å². The third-order valence-corrected chi connectivity index (χ3v) is 8.51. The number of nitrogens with one attached hydrogen (secondary N) is 1. The van der Waals surface area contributed by atoms with Crippen molar-refractivity contribution in [2.45, 2.75) is 50.7 Å². The van der Waals surface area contributed by atoms with E-state index in [2.05, 4.69) is 21.2 Å². The summed E-state index contributed by atoms with van der Waals surface area (Å²) in [6, 6.07) is 18.4. The second kappa shape index (κ2) is 12.7. The van der Waals surface area contributed by atoms with E-state index >= 15 is 0 Å². The molecule has 1 atom stereocenters. The van der Waals surface area contributed by atoms with Crippen LogP contribution in [0.15, 0.2) is 82.2 Å². The van der Waals surface area contributed by atoms with Crippen LogP contribution in [0.25, 0.3) is 0 Å². The van der Waals surface area contributed by atoms with Crippen molar-refractivity contribution in [3.63, 3.8) is 0 Å². The van der Waals surface area contributed by atoms with E-state index in [9.17, 15) is 18.0 Å². The quantitative estimate of drug-likeness (QED) is 0.294. The van der Waals surface area contributed by atoms with Gasteiger partial charge in [0.1, 0.15) is 12.6 Å². The van der Waals surface area contributed by atoms with Crippen LogP contribution in [0.3, 0.4) is 0 Å². The van der Waals surface area contributed by atoms with Crippen molar-refractivity contribution in [3.8, 4) is 0 Å². The van der Waals surface area contributed by atoms with Gasteiger partial charge in [0.25, 0.3) is 10.0 Å². The standard InChI is InChI=1S/C28H30BrCl2N3O4S/c1-19(27(36)32-28(2,3)4)33(17-20-8-10-21(29)11-9-20)26(35)18-34(24-7-5-6-23(31)16-24)39(37,38)25-14-12-22(30)13-15-25/h5-16,19H,17-18H2,1-4H3,(H,32,36). The minimum absolute atomic E-state index is 0.0438. The Balaban J connectivity index is 2.03. The molecule has 7 nitrogen and oxygen atoms in total. The van der Waals surface area contributed by atoms with Crippen LogP contribution >= 0.6 is 39.1 Å². The Morgan fingerprint density at radius 1 is 0.949 bits per heavy atom. The Hall–Kier alpha value is -2.59. The molecule has 0 radical (unpaired) electrons. The maximum absolute atomic E-state index is 13.9. The number of amides is 2. The molecule has 0 aliphatic rings. The molecule has 3 aromatic rings. The van der Waals surface area contributed by atoms with Crippen LogP contribution in [0.2, 0.25) is 10.0 Å². The van der Waals surface area contributed by atoms with Crippen LogP contribution in [0.4, 0.5) is 5.69 Å². The fraction of sp³-hybridized carbons (Fsp3) is 0.286. The van der Waals surface area contributed by atoms with E-state index in [0.717, 1.165) is 14.3 Å². The molecule has 0 saturated heterocycles. The number of anilines is 1. The monoisotopic (exact) mass is 653 g/mol. The third kappa shape index (κ3) is 8.45. The maximum atomic E-state index is 13.9. The predicted octanol–water partition coefficient (Wildman–Crippen LogP) is 6.28. The minimum atomic E-state index is -4.21. The maximum Gasteiger partial charge on any atom is 0.264 e. The van der Waals surface area contributed by atoms with Crippen molar-refractivity contribution in [1.29, 1.82) is 0 Å². The Labute approximate surface area is 248 Å². The highest BCUT2D eigenvalue weighted by molar-refractivity contribution is 9.10. The summed E-state index contributed by atoms with van der Waals surface area (Å²) in [6.07, 6.45) is 0. The predicted molar refractivity (Wildman–Crippen MR) is 159 cm³/mol. The Morgan fingerprint density at radius 2 is 1.56 bits per heavy atom. The Morgan fingerprint density at radius 3 is 2.13 bits per heavy atom. The molecule has 0 aliphatic heterocycles. The summed E-state index contributed by atoms with van der Waals surface area (Å²) in [6.45, 7) is 6.69. The zero-order valence-electron chi connectivity index (χ0n) is 22.0. The molecule has 3 rings (SSSR count). The first-order chi connectivity index (χ1) is 18.2. The lowest BCUT2D eigenvalue weighted by molar-refractivity contribution is -0.140. The molecule has 2 amide bonds. The van der Waals surface area contributed by atoms with Gasteiger partial charge in [0.05, 0.1) is 10.6 Å². The Kier molecular flexibility index (Phi) is 10.1. The first kappa shape index (κ1) is 30.9. The van der Waals surface area contributed by atoms with E-state index in [1.807, 2.05) is 45.0 Å². The molecule has 0 spiro atoms. The second-order valence-corrected chi connectivity index (χ2v) is 13.7. The number of benzene rings is 3. The van der Waals surface area contributed by atoms with Crippen molar-refractivity contribution in [1.82, 2.24) is 10.2 Å². The number of hydrogen-bond donors (Lipinski definition) is 1. The molecule has 11 heteroatoms. The van der Waals surface area contributed by atoms with Crippen molar-refractivity contribution in [2.24, 2.45) is 0 Å².